The lowest BCUT2D eigenvalue weighted by Crippen LogP contribution is -1.81. The molecule has 0 saturated heterocycles. The number of hydrogen-bond donors (Lipinski definition) is 1. The average Bonchev–Trinajstić information content (AvgIpc) is 2.70. The van der Waals surface area contributed by atoms with Gasteiger partial charge in [0.05, 0.1) is 5.52 Å². The summed E-state index contributed by atoms with van der Waals surface area (Å²) in [4.78, 5) is 12.1. The minimum Gasteiger partial charge on any atom is -0.337 e. The van der Waals surface area contributed by atoms with E-state index >= 15 is 0 Å². The van der Waals surface area contributed by atoms with E-state index in [1.54, 1.807) is 0 Å². The summed E-state index contributed by atoms with van der Waals surface area (Å²) in [5.74, 6) is 0.824. The Bertz CT molecular complexity index is 714. The van der Waals surface area contributed by atoms with Gasteiger partial charge in [-0.25, -0.2) is 9.97 Å². The van der Waals surface area contributed by atoms with Crippen LogP contribution >= 0.6 is 31.9 Å². The summed E-state index contributed by atoms with van der Waals surface area (Å²) in [5.41, 5.74) is 3.84. The molecule has 90 valence electrons. The second kappa shape index (κ2) is 4.48. The molecule has 0 bridgehead atoms. The Morgan fingerprint density at radius 1 is 1.06 bits per heavy atom. The van der Waals surface area contributed by atoms with Gasteiger partial charge in [0.15, 0.2) is 5.65 Å². The zero-order valence-corrected chi connectivity index (χ0v) is 12.7. The first-order chi connectivity index (χ1) is 8.61. The van der Waals surface area contributed by atoms with E-state index in [0.717, 1.165) is 37.1 Å². The Morgan fingerprint density at radius 3 is 2.50 bits per heavy atom. The molecule has 0 spiro atoms. The molecule has 1 aromatic carbocycles. The third kappa shape index (κ3) is 2.20. The summed E-state index contributed by atoms with van der Waals surface area (Å²) in [5, 5.41) is 0. The Hall–Kier alpha value is -1.20. The number of nitrogens with one attached hydrogen (secondary N) is 1. The van der Waals surface area contributed by atoms with Crippen LogP contribution in [0.1, 0.15) is 5.56 Å². The Kier molecular flexibility index (Phi) is 2.95. The topological polar surface area (TPSA) is 41.6 Å². The molecule has 0 fully saturated rings. The minimum atomic E-state index is 0.742. The first-order valence-electron chi connectivity index (χ1n) is 5.41. The van der Waals surface area contributed by atoms with Crippen LogP contribution in [0, 0.1) is 6.92 Å². The maximum absolute atomic E-state index is 4.50. The molecule has 0 amide bonds. The van der Waals surface area contributed by atoms with Gasteiger partial charge in [-0.2, -0.15) is 0 Å². The third-order valence-corrected chi connectivity index (χ3v) is 3.53. The van der Waals surface area contributed by atoms with Gasteiger partial charge in [-0.3, -0.25) is 0 Å². The summed E-state index contributed by atoms with van der Waals surface area (Å²) >= 11 is 6.96. The number of rotatable bonds is 1. The molecule has 0 aliphatic heterocycles. The van der Waals surface area contributed by atoms with Gasteiger partial charge in [0, 0.05) is 20.7 Å². The van der Waals surface area contributed by atoms with Crippen LogP contribution in [0.2, 0.25) is 0 Å². The van der Waals surface area contributed by atoms with Crippen LogP contribution in [-0.2, 0) is 0 Å². The van der Waals surface area contributed by atoms with Gasteiger partial charge in [-0.05, 0) is 36.8 Å². The number of aromatic nitrogens is 3. The van der Waals surface area contributed by atoms with Gasteiger partial charge in [0.25, 0.3) is 0 Å². The second-order valence-corrected chi connectivity index (χ2v) is 5.96. The lowest BCUT2D eigenvalue weighted by atomic mass is 10.2. The number of H-pyrrole nitrogens is 1. The molecule has 0 unspecified atom stereocenters. The highest BCUT2D eigenvalue weighted by Crippen LogP contribution is 2.27. The lowest BCUT2D eigenvalue weighted by molar-refractivity contribution is 1.28. The predicted molar refractivity (Wildman–Crippen MR) is 79.5 cm³/mol. The number of nitrogens with zero attached hydrogens (tertiary/aromatic N) is 2. The van der Waals surface area contributed by atoms with Gasteiger partial charge in [-0.1, -0.05) is 31.9 Å². The van der Waals surface area contributed by atoms with Crippen molar-refractivity contribution in [3.8, 4) is 11.4 Å². The number of pyridine rings is 1. The van der Waals surface area contributed by atoms with E-state index in [0.29, 0.717) is 0 Å². The maximum Gasteiger partial charge on any atom is 0.178 e. The maximum atomic E-state index is 4.50. The van der Waals surface area contributed by atoms with E-state index in [-0.39, 0.29) is 0 Å². The lowest BCUT2D eigenvalue weighted by Gasteiger charge is -1.99. The number of imidazole rings is 1. The van der Waals surface area contributed by atoms with E-state index in [1.165, 1.54) is 0 Å². The van der Waals surface area contributed by atoms with Crippen LogP contribution in [0.15, 0.2) is 39.4 Å². The summed E-state index contributed by atoms with van der Waals surface area (Å²) in [7, 11) is 0. The predicted octanol–water partition coefficient (Wildman–Crippen LogP) is 4.46. The van der Waals surface area contributed by atoms with Crippen LogP contribution in [-0.4, -0.2) is 15.0 Å². The molecule has 18 heavy (non-hydrogen) atoms. The van der Waals surface area contributed by atoms with Crippen molar-refractivity contribution in [1.29, 1.82) is 0 Å². The number of aromatic amines is 1. The highest BCUT2D eigenvalue weighted by atomic mass is 79.9. The van der Waals surface area contributed by atoms with Crippen molar-refractivity contribution in [2.45, 2.75) is 6.92 Å². The van der Waals surface area contributed by atoms with Crippen LogP contribution in [0.3, 0.4) is 0 Å². The van der Waals surface area contributed by atoms with E-state index in [4.69, 9.17) is 0 Å². The van der Waals surface area contributed by atoms with Crippen LogP contribution in [0.5, 0.6) is 0 Å². The fourth-order valence-electron chi connectivity index (χ4n) is 1.83. The van der Waals surface area contributed by atoms with Crippen molar-refractivity contribution in [2.75, 3.05) is 0 Å². The molecule has 0 saturated carbocycles. The SMILES string of the molecule is Cc1cnc2nc(-c3cc(Br)cc(Br)c3)[nH]c2c1. The summed E-state index contributed by atoms with van der Waals surface area (Å²) in [6.45, 7) is 2.02. The molecule has 2 aromatic heterocycles. The van der Waals surface area contributed by atoms with Crippen molar-refractivity contribution in [2.24, 2.45) is 0 Å². The van der Waals surface area contributed by atoms with E-state index in [1.807, 2.05) is 37.4 Å². The first kappa shape index (κ1) is 11.9. The van der Waals surface area contributed by atoms with Crippen molar-refractivity contribution >= 4 is 43.0 Å². The van der Waals surface area contributed by atoms with E-state index in [9.17, 15) is 0 Å². The van der Waals surface area contributed by atoms with E-state index in [2.05, 4.69) is 46.8 Å². The van der Waals surface area contributed by atoms with Gasteiger partial charge >= 0.3 is 0 Å². The molecule has 0 atom stereocenters. The molecular formula is C13H9Br2N3. The van der Waals surface area contributed by atoms with Crippen molar-refractivity contribution in [1.82, 2.24) is 15.0 Å². The standard InChI is InChI=1S/C13H9Br2N3/c1-7-2-11-13(16-6-7)18-12(17-11)8-3-9(14)5-10(15)4-8/h2-6H,1H3,(H,16,17,18). The Labute approximate surface area is 121 Å². The normalized spacial score (nSPS) is 11.1. The number of benzene rings is 1. The fraction of sp³-hybridized carbons (Fsp3) is 0.0769. The zero-order valence-electron chi connectivity index (χ0n) is 9.54. The number of aryl methyl sites for hydroxylation is 1. The highest BCUT2D eigenvalue weighted by Gasteiger charge is 2.07. The van der Waals surface area contributed by atoms with E-state index < -0.39 is 0 Å². The third-order valence-electron chi connectivity index (χ3n) is 2.61. The number of hydrogen-bond acceptors (Lipinski definition) is 2. The number of halogens is 2. The van der Waals surface area contributed by atoms with Gasteiger partial charge in [-0.15, -0.1) is 0 Å². The summed E-state index contributed by atoms with van der Waals surface area (Å²) in [6, 6.07) is 8.09. The Morgan fingerprint density at radius 2 is 1.78 bits per heavy atom. The summed E-state index contributed by atoms with van der Waals surface area (Å²) < 4.78 is 2.02. The highest BCUT2D eigenvalue weighted by molar-refractivity contribution is 9.11. The van der Waals surface area contributed by atoms with Gasteiger partial charge in [0.2, 0.25) is 0 Å². The molecule has 0 aliphatic rings. The van der Waals surface area contributed by atoms with Gasteiger partial charge < -0.3 is 4.98 Å². The largest absolute Gasteiger partial charge is 0.337 e. The molecule has 5 heteroatoms. The van der Waals surface area contributed by atoms with Crippen molar-refractivity contribution in [3.63, 3.8) is 0 Å². The smallest absolute Gasteiger partial charge is 0.178 e. The fourth-order valence-corrected chi connectivity index (χ4v) is 3.13. The quantitative estimate of drug-likeness (QED) is 0.690. The first-order valence-corrected chi connectivity index (χ1v) is 6.99. The molecule has 3 nitrogen and oxygen atoms in total. The average molecular weight is 367 g/mol. The molecule has 3 aromatic rings. The Balaban J connectivity index is 2.19. The second-order valence-electron chi connectivity index (χ2n) is 4.13. The monoisotopic (exact) mass is 365 g/mol. The molecule has 0 radical (unpaired) electrons. The zero-order chi connectivity index (χ0) is 12.7. The van der Waals surface area contributed by atoms with Crippen LogP contribution in [0.4, 0.5) is 0 Å². The molecule has 0 aliphatic carbocycles. The van der Waals surface area contributed by atoms with Gasteiger partial charge in [0.1, 0.15) is 5.82 Å². The number of fused-ring (bicyclic) bond motifs is 1. The summed E-state index contributed by atoms with van der Waals surface area (Å²) in [6.07, 6.45) is 1.82. The van der Waals surface area contributed by atoms with Crippen LogP contribution in [0.25, 0.3) is 22.6 Å². The molecule has 1 N–H and O–H groups in total. The minimum absolute atomic E-state index is 0.742. The molecule has 3 rings (SSSR count). The molecule has 2 heterocycles. The van der Waals surface area contributed by atoms with Crippen LogP contribution < -0.4 is 0 Å². The molecular weight excluding hydrogens is 358 g/mol. The van der Waals surface area contributed by atoms with Crippen molar-refractivity contribution in [3.05, 3.63) is 45.0 Å². The van der Waals surface area contributed by atoms with Crippen molar-refractivity contribution < 1.29 is 0 Å².